The molecule has 2 aliphatic rings. The lowest BCUT2D eigenvalue weighted by Crippen LogP contribution is -2.49. The van der Waals surface area contributed by atoms with E-state index < -0.39 is 0 Å². The number of halogens is 1. The van der Waals surface area contributed by atoms with Gasteiger partial charge < -0.3 is 19.9 Å². The molecule has 3 rings (SSSR count). The van der Waals surface area contributed by atoms with E-state index in [-0.39, 0.29) is 30.2 Å². The van der Waals surface area contributed by atoms with Crippen molar-refractivity contribution in [1.29, 1.82) is 0 Å². The molecule has 0 aromatic heterocycles. The van der Waals surface area contributed by atoms with Gasteiger partial charge in [-0.05, 0) is 37.1 Å². The number of hydrogen-bond donors (Lipinski definition) is 1. The van der Waals surface area contributed by atoms with Crippen molar-refractivity contribution >= 4 is 29.3 Å². The van der Waals surface area contributed by atoms with Crippen LogP contribution in [0.25, 0.3) is 0 Å². The average Bonchev–Trinajstić information content (AvgIpc) is 2.72. The molecule has 0 saturated carbocycles. The maximum absolute atomic E-state index is 12.6. The molecule has 0 spiro atoms. The number of nitrogens with zero attached hydrogens (tertiary/aromatic N) is 2. The van der Waals surface area contributed by atoms with Crippen LogP contribution in [0.4, 0.5) is 0 Å². The second-order valence-corrected chi connectivity index (χ2v) is 7.24. The minimum Gasteiger partial charge on any atom is -0.378 e. The van der Waals surface area contributed by atoms with Crippen molar-refractivity contribution in [2.45, 2.75) is 12.8 Å². The van der Waals surface area contributed by atoms with Crippen LogP contribution in [0.15, 0.2) is 24.3 Å². The van der Waals surface area contributed by atoms with Crippen molar-refractivity contribution in [1.82, 2.24) is 15.1 Å². The zero-order chi connectivity index (χ0) is 19.2. The number of likely N-dealkylation sites (tertiary alicyclic amines) is 1. The SMILES string of the molecule is O=C(NCC(=O)N1CCOCC1)[C@H]1CCCN(C(=O)c2ccc(Cl)cc2)C1. The molecule has 8 heteroatoms. The van der Waals surface area contributed by atoms with Crippen molar-refractivity contribution in [3.63, 3.8) is 0 Å². The van der Waals surface area contributed by atoms with E-state index in [1.807, 2.05) is 0 Å². The van der Waals surface area contributed by atoms with Gasteiger partial charge in [0.1, 0.15) is 0 Å². The molecule has 146 valence electrons. The molecule has 0 aliphatic carbocycles. The Morgan fingerprint density at radius 1 is 1.07 bits per heavy atom. The molecule has 2 saturated heterocycles. The fraction of sp³-hybridized carbons (Fsp3) is 0.526. The summed E-state index contributed by atoms with van der Waals surface area (Å²) < 4.78 is 5.22. The van der Waals surface area contributed by atoms with Gasteiger partial charge in [-0.2, -0.15) is 0 Å². The number of ether oxygens (including phenoxy) is 1. The van der Waals surface area contributed by atoms with Crippen molar-refractivity contribution < 1.29 is 19.1 Å². The molecule has 0 unspecified atom stereocenters. The number of amides is 3. The maximum atomic E-state index is 12.6. The highest BCUT2D eigenvalue weighted by Crippen LogP contribution is 2.20. The number of nitrogens with one attached hydrogen (secondary N) is 1. The van der Waals surface area contributed by atoms with Crippen LogP contribution in [0.1, 0.15) is 23.2 Å². The molecule has 0 bridgehead atoms. The van der Waals surface area contributed by atoms with E-state index >= 15 is 0 Å². The van der Waals surface area contributed by atoms with Crippen LogP contribution < -0.4 is 5.32 Å². The molecule has 2 aliphatic heterocycles. The van der Waals surface area contributed by atoms with Crippen molar-refractivity contribution in [3.05, 3.63) is 34.9 Å². The fourth-order valence-electron chi connectivity index (χ4n) is 3.38. The predicted octanol–water partition coefficient (Wildman–Crippen LogP) is 1.17. The summed E-state index contributed by atoms with van der Waals surface area (Å²) in [6.45, 7) is 3.15. The summed E-state index contributed by atoms with van der Waals surface area (Å²) in [5.74, 6) is -0.678. The van der Waals surface area contributed by atoms with E-state index in [2.05, 4.69) is 5.32 Å². The Bertz CT molecular complexity index is 689. The number of carbonyl (C=O) groups is 3. The standard InChI is InChI=1S/C19H24ClN3O4/c20-16-5-3-14(4-6-16)19(26)23-7-1-2-15(13-23)18(25)21-12-17(24)22-8-10-27-11-9-22/h3-6,15H,1-2,7-13H2,(H,21,25)/t15-/m0/s1. The number of benzene rings is 1. The second kappa shape index (κ2) is 9.19. The van der Waals surface area contributed by atoms with Crippen LogP contribution in [0.5, 0.6) is 0 Å². The van der Waals surface area contributed by atoms with Crippen LogP contribution in [-0.2, 0) is 14.3 Å². The predicted molar refractivity (Wildman–Crippen MR) is 100 cm³/mol. The van der Waals surface area contributed by atoms with Crippen molar-refractivity contribution in [3.8, 4) is 0 Å². The lowest BCUT2D eigenvalue weighted by molar-refractivity contribution is -0.137. The smallest absolute Gasteiger partial charge is 0.253 e. The third kappa shape index (κ3) is 5.20. The first-order valence-corrected chi connectivity index (χ1v) is 9.60. The van der Waals surface area contributed by atoms with Gasteiger partial charge >= 0.3 is 0 Å². The van der Waals surface area contributed by atoms with Gasteiger partial charge in [0.2, 0.25) is 11.8 Å². The van der Waals surface area contributed by atoms with Crippen LogP contribution in [-0.4, -0.2) is 73.5 Å². The van der Waals surface area contributed by atoms with Gasteiger partial charge in [0.25, 0.3) is 5.91 Å². The van der Waals surface area contributed by atoms with Gasteiger partial charge in [-0.1, -0.05) is 11.6 Å². The quantitative estimate of drug-likeness (QED) is 0.832. The highest BCUT2D eigenvalue weighted by atomic mass is 35.5. The second-order valence-electron chi connectivity index (χ2n) is 6.81. The van der Waals surface area contributed by atoms with Gasteiger partial charge in [0, 0.05) is 36.8 Å². The summed E-state index contributed by atoms with van der Waals surface area (Å²) in [5.41, 5.74) is 0.558. The number of piperidine rings is 1. The van der Waals surface area contributed by atoms with Crippen LogP contribution in [0.2, 0.25) is 5.02 Å². The lowest BCUT2D eigenvalue weighted by Gasteiger charge is -2.32. The first kappa shape index (κ1) is 19.6. The summed E-state index contributed by atoms with van der Waals surface area (Å²) >= 11 is 5.87. The van der Waals surface area contributed by atoms with Gasteiger partial charge in [-0.15, -0.1) is 0 Å². The molecule has 7 nitrogen and oxygen atoms in total. The number of rotatable bonds is 4. The molecule has 1 aromatic rings. The topological polar surface area (TPSA) is 79.0 Å². The monoisotopic (exact) mass is 393 g/mol. The maximum Gasteiger partial charge on any atom is 0.253 e. The summed E-state index contributed by atoms with van der Waals surface area (Å²) in [6, 6.07) is 6.74. The van der Waals surface area contributed by atoms with Gasteiger partial charge in [-0.3, -0.25) is 14.4 Å². The molecule has 1 atom stereocenters. The Morgan fingerprint density at radius 2 is 1.78 bits per heavy atom. The fourth-order valence-corrected chi connectivity index (χ4v) is 3.51. The van der Waals surface area contributed by atoms with Crippen LogP contribution in [0.3, 0.4) is 0 Å². The van der Waals surface area contributed by atoms with E-state index in [9.17, 15) is 14.4 Å². The summed E-state index contributed by atoms with van der Waals surface area (Å²) in [5, 5.41) is 3.31. The first-order chi connectivity index (χ1) is 13.0. The molecule has 27 heavy (non-hydrogen) atoms. The molecular weight excluding hydrogens is 370 g/mol. The first-order valence-electron chi connectivity index (χ1n) is 9.22. The molecule has 2 heterocycles. The Hall–Kier alpha value is -2.12. The zero-order valence-electron chi connectivity index (χ0n) is 15.2. The van der Waals surface area contributed by atoms with E-state index in [0.717, 1.165) is 6.42 Å². The van der Waals surface area contributed by atoms with Gasteiger partial charge in [0.05, 0.1) is 25.7 Å². The van der Waals surface area contributed by atoms with Crippen LogP contribution in [0, 0.1) is 5.92 Å². The third-order valence-corrected chi connectivity index (χ3v) is 5.20. The van der Waals surface area contributed by atoms with Crippen molar-refractivity contribution in [2.24, 2.45) is 5.92 Å². The van der Waals surface area contributed by atoms with E-state index in [0.29, 0.717) is 56.4 Å². The van der Waals surface area contributed by atoms with E-state index in [1.54, 1.807) is 34.1 Å². The summed E-state index contributed by atoms with van der Waals surface area (Å²) in [6.07, 6.45) is 1.47. The highest BCUT2D eigenvalue weighted by molar-refractivity contribution is 6.30. The zero-order valence-corrected chi connectivity index (χ0v) is 15.9. The minimum absolute atomic E-state index is 0.0134. The Balaban J connectivity index is 1.50. The molecule has 1 N–H and O–H groups in total. The molecule has 0 radical (unpaired) electrons. The molecule has 3 amide bonds. The van der Waals surface area contributed by atoms with Gasteiger partial charge in [0.15, 0.2) is 0 Å². The van der Waals surface area contributed by atoms with Gasteiger partial charge in [-0.25, -0.2) is 0 Å². The lowest BCUT2D eigenvalue weighted by atomic mass is 9.96. The average molecular weight is 394 g/mol. The van der Waals surface area contributed by atoms with Crippen molar-refractivity contribution in [2.75, 3.05) is 45.9 Å². The number of hydrogen-bond acceptors (Lipinski definition) is 4. The molecular formula is C19H24ClN3O4. The number of morpholine rings is 1. The van der Waals surface area contributed by atoms with E-state index in [1.165, 1.54) is 0 Å². The minimum atomic E-state index is -0.299. The summed E-state index contributed by atoms with van der Waals surface area (Å²) in [4.78, 5) is 40.6. The molecule has 2 fully saturated rings. The van der Waals surface area contributed by atoms with E-state index in [4.69, 9.17) is 16.3 Å². The highest BCUT2D eigenvalue weighted by Gasteiger charge is 2.29. The summed E-state index contributed by atoms with van der Waals surface area (Å²) in [7, 11) is 0. The number of carbonyl (C=O) groups excluding carboxylic acids is 3. The third-order valence-electron chi connectivity index (χ3n) is 4.95. The molecule has 1 aromatic carbocycles. The Kier molecular flexibility index (Phi) is 6.68. The largest absolute Gasteiger partial charge is 0.378 e. The van der Waals surface area contributed by atoms with Crippen LogP contribution >= 0.6 is 11.6 Å². The normalized spacial score (nSPS) is 20.3. The Morgan fingerprint density at radius 3 is 2.48 bits per heavy atom. The Labute approximate surface area is 163 Å².